The Labute approximate surface area is 114 Å². The molecule has 0 radical (unpaired) electrons. The number of ether oxygens (including phenoxy) is 1. The van der Waals surface area contributed by atoms with Crippen molar-refractivity contribution in [2.45, 2.75) is 51.9 Å². The van der Waals surface area contributed by atoms with Gasteiger partial charge in [0, 0.05) is 50.0 Å². The molecule has 106 valence electrons. The van der Waals surface area contributed by atoms with Gasteiger partial charge in [-0.25, -0.2) is 0 Å². The second-order valence-corrected chi connectivity index (χ2v) is 5.44. The summed E-state index contributed by atoms with van der Waals surface area (Å²) in [4.78, 5) is 2.50. The topological polar surface area (TPSA) is 50.5 Å². The number of hydrogen-bond acceptors (Lipinski definition) is 4. The molecular formula is C14H23N3O2. The maximum Gasteiger partial charge on any atom is 0.0926 e. The van der Waals surface area contributed by atoms with Crippen LogP contribution in [0.3, 0.4) is 0 Å². The van der Waals surface area contributed by atoms with Gasteiger partial charge >= 0.3 is 0 Å². The van der Waals surface area contributed by atoms with E-state index in [9.17, 15) is 5.11 Å². The molecule has 1 N–H and O–H groups in total. The van der Waals surface area contributed by atoms with Gasteiger partial charge in [-0.1, -0.05) is 0 Å². The van der Waals surface area contributed by atoms with Crippen molar-refractivity contribution in [3.63, 3.8) is 0 Å². The van der Waals surface area contributed by atoms with Crippen LogP contribution in [0.2, 0.25) is 0 Å². The van der Waals surface area contributed by atoms with Gasteiger partial charge in [0.25, 0.3) is 0 Å². The number of aryl methyl sites for hydroxylation is 1. The van der Waals surface area contributed by atoms with E-state index < -0.39 is 0 Å². The van der Waals surface area contributed by atoms with E-state index in [0.717, 1.165) is 51.4 Å². The van der Waals surface area contributed by atoms with Crippen molar-refractivity contribution in [2.75, 3.05) is 19.8 Å². The number of rotatable bonds is 3. The number of nitrogens with zero attached hydrogens (tertiary/aromatic N) is 3. The molecule has 0 bridgehead atoms. The van der Waals surface area contributed by atoms with Crippen molar-refractivity contribution in [1.29, 1.82) is 0 Å². The molecule has 0 unspecified atom stereocenters. The largest absolute Gasteiger partial charge is 0.390 e. The molecule has 3 heterocycles. The molecule has 0 saturated carbocycles. The molecule has 1 fully saturated rings. The van der Waals surface area contributed by atoms with E-state index in [-0.39, 0.29) is 6.61 Å². The van der Waals surface area contributed by atoms with E-state index >= 15 is 0 Å². The molecule has 1 aromatic rings. The van der Waals surface area contributed by atoms with Crippen molar-refractivity contribution in [3.05, 3.63) is 17.0 Å². The Morgan fingerprint density at radius 3 is 3.05 bits per heavy atom. The monoisotopic (exact) mass is 265 g/mol. The molecule has 19 heavy (non-hydrogen) atoms. The van der Waals surface area contributed by atoms with Crippen LogP contribution in [-0.4, -0.2) is 45.6 Å². The zero-order chi connectivity index (χ0) is 13.2. The van der Waals surface area contributed by atoms with Gasteiger partial charge in [-0.3, -0.25) is 9.58 Å². The predicted octanol–water partition coefficient (Wildman–Crippen LogP) is 0.932. The first-order chi connectivity index (χ1) is 9.33. The normalized spacial score (nSPS) is 24.4. The summed E-state index contributed by atoms with van der Waals surface area (Å²) < 4.78 is 7.65. The van der Waals surface area contributed by atoms with Gasteiger partial charge < -0.3 is 9.84 Å². The summed E-state index contributed by atoms with van der Waals surface area (Å²) in [5, 5.41) is 14.0. The highest BCUT2D eigenvalue weighted by Gasteiger charge is 2.29. The quantitative estimate of drug-likeness (QED) is 0.883. The molecule has 0 spiro atoms. The molecule has 1 saturated heterocycles. The zero-order valence-corrected chi connectivity index (χ0v) is 11.6. The predicted molar refractivity (Wildman–Crippen MR) is 71.8 cm³/mol. The van der Waals surface area contributed by atoms with Crippen LogP contribution in [-0.2, 0) is 30.9 Å². The van der Waals surface area contributed by atoms with Crippen LogP contribution in [0.1, 0.15) is 36.7 Å². The highest BCUT2D eigenvalue weighted by atomic mass is 16.5. The number of fused-ring (bicyclic) bond motifs is 1. The smallest absolute Gasteiger partial charge is 0.0926 e. The van der Waals surface area contributed by atoms with Gasteiger partial charge in [0.2, 0.25) is 0 Å². The fourth-order valence-electron chi connectivity index (χ4n) is 3.29. The molecular weight excluding hydrogens is 242 g/mol. The maximum absolute atomic E-state index is 9.48. The average Bonchev–Trinajstić information content (AvgIpc) is 2.85. The third kappa shape index (κ3) is 2.42. The summed E-state index contributed by atoms with van der Waals surface area (Å²) in [6, 6.07) is 0.540. The molecule has 2 aliphatic heterocycles. The molecule has 0 aromatic carbocycles. The molecule has 1 atom stereocenters. The van der Waals surface area contributed by atoms with E-state index in [1.807, 2.05) is 0 Å². The Morgan fingerprint density at radius 2 is 2.37 bits per heavy atom. The Bertz CT molecular complexity index is 438. The van der Waals surface area contributed by atoms with Crippen molar-refractivity contribution >= 4 is 0 Å². The molecule has 5 heteroatoms. The minimum atomic E-state index is 0.0460. The van der Waals surface area contributed by atoms with Crippen LogP contribution in [0.5, 0.6) is 0 Å². The van der Waals surface area contributed by atoms with E-state index in [4.69, 9.17) is 4.74 Å². The first kappa shape index (κ1) is 13.1. The lowest BCUT2D eigenvalue weighted by atomic mass is 10.0. The molecule has 2 aliphatic rings. The van der Waals surface area contributed by atoms with Crippen molar-refractivity contribution in [1.82, 2.24) is 14.7 Å². The van der Waals surface area contributed by atoms with Crippen molar-refractivity contribution in [2.24, 2.45) is 0 Å². The van der Waals surface area contributed by atoms with Crippen molar-refractivity contribution in [3.8, 4) is 0 Å². The zero-order valence-electron chi connectivity index (χ0n) is 11.6. The number of hydrogen-bond donors (Lipinski definition) is 1. The van der Waals surface area contributed by atoms with E-state index in [1.54, 1.807) is 0 Å². The lowest BCUT2D eigenvalue weighted by Crippen LogP contribution is -2.44. The van der Waals surface area contributed by atoms with Gasteiger partial charge in [0.1, 0.15) is 0 Å². The molecule has 3 rings (SSSR count). The first-order valence-corrected chi connectivity index (χ1v) is 7.33. The van der Waals surface area contributed by atoms with Gasteiger partial charge in [-0.05, 0) is 19.8 Å². The second kappa shape index (κ2) is 5.61. The third-order valence-electron chi connectivity index (χ3n) is 4.35. The van der Waals surface area contributed by atoms with Crippen LogP contribution in [0.4, 0.5) is 0 Å². The average molecular weight is 265 g/mol. The highest BCUT2D eigenvalue weighted by Crippen LogP contribution is 2.26. The fraction of sp³-hybridized carbons (Fsp3) is 0.786. The van der Waals surface area contributed by atoms with Gasteiger partial charge in [0.05, 0.1) is 18.9 Å². The molecule has 5 nitrogen and oxygen atoms in total. The number of aliphatic hydroxyl groups is 1. The lowest BCUT2D eigenvalue weighted by molar-refractivity contribution is 0.0120. The summed E-state index contributed by atoms with van der Waals surface area (Å²) in [6.07, 6.45) is 3.42. The Morgan fingerprint density at radius 1 is 1.47 bits per heavy atom. The van der Waals surface area contributed by atoms with Crippen LogP contribution in [0.25, 0.3) is 0 Å². The molecule has 0 amide bonds. The van der Waals surface area contributed by atoms with Crippen LogP contribution in [0, 0.1) is 0 Å². The van der Waals surface area contributed by atoms with E-state index in [2.05, 4.69) is 21.6 Å². The summed E-state index contributed by atoms with van der Waals surface area (Å²) in [5.74, 6) is 0. The van der Waals surface area contributed by atoms with Gasteiger partial charge in [-0.2, -0.15) is 5.10 Å². The van der Waals surface area contributed by atoms with Crippen LogP contribution < -0.4 is 0 Å². The lowest BCUT2D eigenvalue weighted by Gasteiger charge is -2.36. The van der Waals surface area contributed by atoms with Crippen LogP contribution >= 0.6 is 0 Å². The minimum Gasteiger partial charge on any atom is -0.390 e. The third-order valence-corrected chi connectivity index (χ3v) is 4.35. The summed E-state index contributed by atoms with van der Waals surface area (Å²) in [6.45, 7) is 6.79. The molecule has 0 aliphatic carbocycles. The number of aromatic nitrogens is 2. The standard InChI is InChI=1S/C14H23N3O2/c1-2-17-14-5-6-16(11-4-3-7-19-10-11)8-12(14)13(9-18)15-17/h11,18H,2-10H2,1H3/t11-/m0/s1. The Kier molecular flexibility index (Phi) is 3.86. The minimum absolute atomic E-state index is 0.0460. The van der Waals surface area contributed by atoms with Crippen LogP contribution in [0.15, 0.2) is 0 Å². The van der Waals surface area contributed by atoms with Crippen molar-refractivity contribution < 1.29 is 9.84 Å². The second-order valence-electron chi connectivity index (χ2n) is 5.44. The Balaban J connectivity index is 1.80. The maximum atomic E-state index is 9.48. The number of aliphatic hydroxyl groups excluding tert-OH is 1. The van der Waals surface area contributed by atoms with E-state index in [1.165, 1.54) is 17.7 Å². The van der Waals surface area contributed by atoms with E-state index in [0.29, 0.717) is 6.04 Å². The summed E-state index contributed by atoms with van der Waals surface area (Å²) in [5.41, 5.74) is 3.43. The molecule has 1 aromatic heterocycles. The Hall–Kier alpha value is -0.910. The first-order valence-electron chi connectivity index (χ1n) is 7.33. The summed E-state index contributed by atoms with van der Waals surface area (Å²) >= 11 is 0. The summed E-state index contributed by atoms with van der Waals surface area (Å²) in [7, 11) is 0. The van der Waals surface area contributed by atoms with Gasteiger partial charge in [0.15, 0.2) is 0 Å². The SMILES string of the molecule is CCn1nc(CO)c2c1CCN([C@H]1CCCOC1)C2. The highest BCUT2D eigenvalue weighted by molar-refractivity contribution is 5.28. The fourth-order valence-corrected chi connectivity index (χ4v) is 3.29. The van der Waals surface area contributed by atoms with Gasteiger partial charge in [-0.15, -0.1) is 0 Å².